The van der Waals surface area contributed by atoms with Crippen LogP contribution in [0.4, 0.5) is 8.78 Å². The van der Waals surface area contributed by atoms with E-state index < -0.39 is 0 Å². The van der Waals surface area contributed by atoms with Crippen LogP contribution in [0.15, 0.2) is 18.2 Å². The summed E-state index contributed by atoms with van der Waals surface area (Å²) < 4.78 is 31.5. The molecule has 0 saturated carbocycles. The first-order valence-corrected chi connectivity index (χ1v) is 5.17. The third-order valence-electron chi connectivity index (χ3n) is 2.87. The molecule has 1 aromatic rings. The first-order chi connectivity index (χ1) is 7.08. The van der Waals surface area contributed by atoms with Crippen LogP contribution in [0.25, 0.3) is 0 Å². The quantitative estimate of drug-likeness (QED) is 0.702. The van der Waals surface area contributed by atoms with E-state index in [0.717, 1.165) is 6.07 Å². The molecule has 1 nitrogen and oxygen atoms in total. The van der Waals surface area contributed by atoms with E-state index in [1.807, 2.05) is 13.8 Å². The van der Waals surface area contributed by atoms with Gasteiger partial charge in [-0.25, -0.2) is 8.78 Å². The zero-order chi connectivity index (χ0) is 11.0. The fourth-order valence-electron chi connectivity index (χ4n) is 1.96. The van der Waals surface area contributed by atoms with Crippen molar-refractivity contribution in [3.63, 3.8) is 0 Å². The van der Waals surface area contributed by atoms with Crippen LogP contribution >= 0.6 is 0 Å². The number of rotatable bonds is 3. The molecule has 2 rings (SSSR count). The van der Waals surface area contributed by atoms with Gasteiger partial charge in [0.2, 0.25) is 0 Å². The Hall–Kier alpha value is -0.960. The number of benzene rings is 1. The number of hydrogen-bond acceptors (Lipinski definition) is 1. The molecule has 0 aliphatic carbocycles. The number of ether oxygens (including phenoxy) is 1. The Morgan fingerprint density at radius 3 is 2.67 bits per heavy atom. The van der Waals surface area contributed by atoms with E-state index in [1.54, 1.807) is 0 Å². The molecule has 3 atom stereocenters. The maximum Gasteiger partial charge on any atom is 0.126 e. The van der Waals surface area contributed by atoms with Crippen molar-refractivity contribution in [2.75, 3.05) is 0 Å². The summed E-state index contributed by atoms with van der Waals surface area (Å²) in [5, 5.41) is 0. The van der Waals surface area contributed by atoms with Gasteiger partial charge in [0, 0.05) is 0 Å². The second kappa shape index (κ2) is 3.89. The van der Waals surface area contributed by atoms with Crippen molar-refractivity contribution in [2.45, 2.75) is 32.5 Å². The summed E-state index contributed by atoms with van der Waals surface area (Å²) >= 11 is 0. The molecule has 1 saturated heterocycles. The number of epoxide rings is 1. The number of hydrogen-bond donors (Lipinski definition) is 0. The lowest BCUT2D eigenvalue weighted by molar-refractivity contribution is 0.326. The van der Waals surface area contributed by atoms with E-state index >= 15 is 0 Å². The Balaban J connectivity index is 2.06. The van der Waals surface area contributed by atoms with Gasteiger partial charge in [0.15, 0.2) is 0 Å². The molecule has 3 unspecified atom stereocenters. The van der Waals surface area contributed by atoms with Crippen LogP contribution in [0.1, 0.15) is 19.4 Å². The lowest BCUT2D eigenvalue weighted by atomic mass is 9.96. The first kappa shape index (κ1) is 10.6. The molecule has 1 fully saturated rings. The highest BCUT2D eigenvalue weighted by atomic mass is 19.1. The molecular weight excluding hydrogens is 198 g/mol. The van der Waals surface area contributed by atoms with E-state index in [9.17, 15) is 8.78 Å². The minimum Gasteiger partial charge on any atom is -0.370 e. The molecule has 1 aliphatic heterocycles. The van der Waals surface area contributed by atoms with Gasteiger partial charge in [-0.3, -0.25) is 0 Å². The van der Waals surface area contributed by atoms with Crippen LogP contribution in [-0.2, 0) is 11.2 Å². The van der Waals surface area contributed by atoms with E-state index in [-0.39, 0.29) is 29.8 Å². The highest BCUT2D eigenvalue weighted by Gasteiger charge is 2.38. The second-order valence-electron chi connectivity index (χ2n) is 4.22. The fraction of sp³-hybridized carbons (Fsp3) is 0.500. The van der Waals surface area contributed by atoms with E-state index in [4.69, 9.17) is 4.74 Å². The fourth-order valence-corrected chi connectivity index (χ4v) is 1.96. The molecular formula is C12H14F2O. The number of halogens is 2. The van der Waals surface area contributed by atoms with E-state index in [1.165, 1.54) is 12.1 Å². The Bertz CT molecular complexity index is 365. The molecule has 0 N–H and O–H groups in total. The minimum atomic E-state index is -0.386. The smallest absolute Gasteiger partial charge is 0.126 e. The van der Waals surface area contributed by atoms with Gasteiger partial charge in [0.1, 0.15) is 11.6 Å². The van der Waals surface area contributed by atoms with Crippen molar-refractivity contribution in [1.29, 1.82) is 0 Å². The molecule has 0 radical (unpaired) electrons. The Morgan fingerprint density at radius 2 is 2.07 bits per heavy atom. The van der Waals surface area contributed by atoms with Crippen LogP contribution in [0.3, 0.4) is 0 Å². The molecule has 0 aromatic heterocycles. The topological polar surface area (TPSA) is 12.5 Å². The van der Waals surface area contributed by atoms with E-state index in [2.05, 4.69) is 0 Å². The molecule has 3 heteroatoms. The summed E-state index contributed by atoms with van der Waals surface area (Å²) in [6.45, 7) is 3.99. The molecule has 0 spiro atoms. The third kappa shape index (κ3) is 2.34. The Morgan fingerprint density at radius 1 is 1.40 bits per heavy atom. The van der Waals surface area contributed by atoms with Crippen LogP contribution in [-0.4, -0.2) is 12.2 Å². The van der Waals surface area contributed by atoms with Gasteiger partial charge in [0.05, 0.1) is 12.2 Å². The third-order valence-corrected chi connectivity index (χ3v) is 2.87. The average Bonchev–Trinajstić information content (AvgIpc) is 2.89. The summed E-state index contributed by atoms with van der Waals surface area (Å²) in [7, 11) is 0. The highest BCUT2D eigenvalue weighted by molar-refractivity contribution is 5.19. The standard InChI is InChI=1S/C12H14F2O/c1-7(12-8(2)15-12)5-9-6-10(13)3-4-11(9)14/h3-4,6-8,12H,5H2,1-2H3. The maximum atomic E-state index is 13.3. The summed E-state index contributed by atoms with van der Waals surface area (Å²) in [5.74, 6) is -0.490. The maximum absolute atomic E-state index is 13.3. The SMILES string of the molecule is CC(Cc1cc(F)ccc1F)C1OC1C. The van der Waals surface area contributed by atoms with Crippen LogP contribution < -0.4 is 0 Å². The summed E-state index contributed by atoms with van der Waals surface area (Å²) in [5.41, 5.74) is 0.435. The predicted octanol–water partition coefficient (Wildman–Crippen LogP) is 2.93. The van der Waals surface area contributed by atoms with Gasteiger partial charge in [0.25, 0.3) is 0 Å². The average molecular weight is 212 g/mol. The van der Waals surface area contributed by atoms with E-state index in [0.29, 0.717) is 12.0 Å². The predicted molar refractivity (Wildman–Crippen MR) is 53.6 cm³/mol. The van der Waals surface area contributed by atoms with Gasteiger partial charge < -0.3 is 4.74 Å². The molecule has 0 amide bonds. The van der Waals surface area contributed by atoms with Crippen molar-refractivity contribution in [3.05, 3.63) is 35.4 Å². The largest absolute Gasteiger partial charge is 0.370 e. The van der Waals surface area contributed by atoms with Crippen LogP contribution in [0, 0.1) is 17.6 Å². The highest BCUT2D eigenvalue weighted by Crippen LogP contribution is 2.31. The molecule has 1 heterocycles. The van der Waals surface area contributed by atoms with Crippen molar-refractivity contribution >= 4 is 0 Å². The minimum absolute atomic E-state index is 0.202. The first-order valence-electron chi connectivity index (χ1n) is 5.17. The molecule has 15 heavy (non-hydrogen) atoms. The van der Waals surface area contributed by atoms with Gasteiger partial charge >= 0.3 is 0 Å². The zero-order valence-corrected chi connectivity index (χ0v) is 8.84. The molecule has 1 aliphatic rings. The van der Waals surface area contributed by atoms with Crippen molar-refractivity contribution in [3.8, 4) is 0 Å². The van der Waals surface area contributed by atoms with Crippen molar-refractivity contribution in [1.82, 2.24) is 0 Å². The summed E-state index contributed by atoms with van der Waals surface area (Å²) in [4.78, 5) is 0. The zero-order valence-electron chi connectivity index (χ0n) is 8.84. The van der Waals surface area contributed by atoms with Gasteiger partial charge in [-0.2, -0.15) is 0 Å². The Kier molecular flexibility index (Phi) is 2.74. The molecule has 0 bridgehead atoms. The van der Waals surface area contributed by atoms with Crippen molar-refractivity contribution < 1.29 is 13.5 Å². The lowest BCUT2D eigenvalue weighted by Gasteiger charge is -2.09. The monoisotopic (exact) mass is 212 g/mol. The lowest BCUT2D eigenvalue weighted by Crippen LogP contribution is -2.10. The Labute approximate surface area is 88.1 Å². The summed E-state index contributed by atoms with van der Waals surface area (Å²) in [6, 6.07) is 3.58. The van der Waals surface area contributed by atoms with Crippen LogP contribution in [0.5, 0.6) is 0 Å². The molecule has 82 valence electrons. The van der Waals surface area contributed by atoms with Gasteiger partial charge in [-0.05, 0) is 43.0 Å². The van der Waals surface area contributed by atoms with Gasteiger partial charge in [-0.1, -0.05) is 6.92 Å². The van der Waals surface area contributed by atoms with Crippen LogP contribution in [0.2, 0.25) is 0 Å². The normalized spacial score (nSPS) is 26.4. The van der Waals surface area contributed by atoms with Crippen molar-refractivity contribution in [2.24, 2.45) is 5.92 Å². The molecule has 1 aromatic carbocycles. The second-order valence-corrected chi connectivity index (χ2v) is 4.22. The summed E-state index contributed by atoms with van der Waals surface area (Å²) in [6.07, 6.45) is 0.989. The van der Waals surface area contributed by atoms with Gasteiger partial charge in [-0.15, -0.1) is 0 Å².